The third-order valence-electron chi connectivity index (χ3n) is 2.13. The SMILES string of the molecule is CNC(C)c1coc(CC(C)(C)C)n1. The molecule has 0 aromatic carbocycles. The molecule has 1 rings (SSSR count). The maximum absolute atomic E-state index is 5.41. The van der Waals surface area contributed by atoms with Crippen molar-refractivity contribution in [2.45, 2.75) is 40.2 Å². The molecule has 80 valence electrons. The quantitative estimate of drug-likeness (QED) is 0.807. The number of rotatable bonds is 3. The first-order valence-corrected chi connectivity index (χ1v) is 5.04. The van der Waals surface area contributed by atoms with Gasteiger partial charge in [0.1, 0.15) is 6.26 Å². The number of oxazole rings is 1. The summed E-state index contributed by atoms with van der Waals surface area (Å²) < 4.78 is 5.41. The minimum Gasteiger partial charge on any atom is -0.449 e. The topological polar surface area (TPSA) is 38.1 Å². The summed E-state index contributed by atoms with van der Waals surface area (Å²) in [7, 11) is 1.92. The Bertz CT molecular complexity index is 286. The van der Waals surface area contributed by atoms with E-state index in [0.29, 0.717) is 0 Å². The summed E-state index contributed by atoms with van der Waals surface area (Å²) in [6, 6.07) is 0.257. The third kappa shape index (κ3) is 3.14. The van der Waals surface area contributed by atoms with Crippen LogP contribution < -0.4 is 5.32 Å². The summed E-state index contributed by atoms with van der Waals surface area (Å²) in [5.41, 5.74) is 1.21. The van der Waals surface area contributed by atoms with Crippen LogP contribution in [0.25, 0.3) is 0 Å². The molecule has 1 heterocycles. The van der Waals surface area contributed by atoms with Crippen LogP contribution in [-0.4, -0.2) is 12.0 Å². The molecule has 1 aromatic heterocycles. The Morgan fingerprint density at radius 2 is 2.14 bits per heavy atom. The van der Waals surface area contributed by atoms with Gasteiger partial charge in [0, 0.05) is 12.5 Å². The summed E-state index contributed by atoms with van der Waals surface area (Å²) in [4.78, 5) is 4.44. The molecule has 0 radical (unpaired) electrons. The normalized spacial score (nSPS) is 14.4. The van der Waals surface area contributed by atoms with E-state index in [0.717, 1.165) is 18.0 Å². The Labute approximate surface area is 85.9 Å². The van der Waals surface area contributed by atoms with Gasteiger partial charge in [-0.1, -0.05) is 20.8 Å². The van der Waals surface area contributed by atoms with Gasteiger partial charge in [-0.05, 0) is 19.4 Å². The van der Waals surface area contributed by atoms with Gasteiger partial charge < -0.3 is 9.73 Å². The molecule has 3 heteroatoms. The molecule has 1 unspecified atom stereocenters. The van der Waals surface area contributed by atoms with Crippen LogP contribution >= 0.6 is 0 Å². The molecule has 0 saturated carbocycles. The molecule has 3 nitrogen and oxygen atoms in total. The highest BCUT2D eigenvalue weighted by Gasteiger charge is 2.16. The molecule has 0 saturated heterocycles. The molecule has 1 N–H and O–H groups in total. The second-order valence-electron chi connectivity index (χ2n) is 4.91. The number of hydrogen-bond acceptors (Lipinski definition) is 3. The van der Waals surface area contributed by atoms with Gasteiger partial charge in [-0.2, -0.15) is 0 Å². The van der Waals surface area contributed by atoms with Crippen molar-refractivity contribution in [2.75, 3.05) is 7.05 Å². The molecule has 0 fully saturated rings. The van der Waals surface area contributed by atoms with E-state index in [1.807, 2.05) is 7.05 Å². The van der Waals surface area contributed by atoms with E-state index in [-0.39, 0.29) is 11.5 Å². The van der Waals surface area contributed by atoms with Gasteiger partial charge in [0.05, 0.1) is 5.69 Å². The lowest BCUT2D eigenvalue weighted by Crippen LogP contribution is -2.13. The van der Waals surface area contributed by atoms with Crippen LogP contribution in [0.3, 0.4) is 0 Å². The summed E-state index contributed by atoms with van der Waals surface area (Å²) in [5, 5.41) is 3.13. The smallest absolute Gasteiger partial charge is 0.194 e. The first-order valence-electron chi connectivity index (χ1n) is 5.04. The van der Waals surface area contributed by atoms with Crippen LogP contribution in [0.4, 0.5) is 0 Å². The van der Waals surface area contributed by atoms with Gasteiger partial charge in [-0.3, -0.25) is 0 Å². The van der Waals surface area contributed by atoms with Crippen LogP contribution in [0.1, 0.15) is 45.3 Å². The summed E-state index contributed by atoms with van der Waals surface area (Å²) in [6.07, 6.45) is 2.62. The fraction of sp³-hybridized carbons (Fsp3) is 0.727. The van der Waals surface area contributed by atoms with Gasteiger partial charge in [-0.25, -0.2) is 4.98 Å². The van der Waals surface area contributed by atoms with E-state index in [9.17, 15) is 0 Å². The van der Waals surface area contributed by atoms with Crippen molar-refractivity contribution in [3.63, 3.8) is 0 Å². The summed E-state index contributed by atoms with van der Waals surface area (Å²) >= 11 is 0. The van der Waals surface area contributed by atoms with E-state index in [4.69, 9.17) is 4.42 Å². The van der Waals surface area contributed by atoms with Crippen molar-refractivity contribution in [2.24, 2.45) is 5.41 Å². The first kappa shape index (κ1) is 11.2. The molecule has 0 aliphatic heterocycles. The zero-order valence-corrected chi connectivity index (χ0v) is 9.72. The molecule has 0 aliphatic carbocycles. The molecule has 0 amide bonds. The Balaban J connectivity index is 2.69. The molecule has 1 aromatic rings. The van der Waals surface area contributed by atoms with Crippen LogP contribution in [0.5, 0.6) is 0 Å². The van der Waals surface area contributed by atoms with Gasteiger partial charge in [0.15, 0.2) is 5.89 Å². The van der Waals surface area contributed by atoms with E-state index >= 15 is 0 Å². The molecule has 14 heavy (non-hydrogen) atoms. The van der Waals surface area contributed by atoms with E-state index in [1.54, 1.807) is 6.26 Å². The van der Waals surface area contributed by atoms with Crippen molar-refractivity contribution >= 4 is 0 Å². The maximum Gasteiger partial charge on any atom is 0.194 e. The van der Waals surface area contributed by atoms with Crippen LogP contribution in [0, 0.1) is 5.41 Å². The van der Waals surface area contributed by atoms with Crippen LogP contribution in [-0.2, 0) is 6.42 Å². The lowest BCUT2D eigenvalue weighted by atomic mass is 9.92. The number of hydrogen-bond donors (Lipinski definition) is 1. The van der Waals surface area contributed by atoms with Gasteiger partial charge in [0.2, 0.25) is 0 Å². The second-order valence-corrected chi connectivity index (χ2v) is 4.91. The molecule has 0 spiro atoms. The zero-order chi connectivity index (χ0) is 10.8. The van der Waals surface area contributed by atoms with E-state index < -0.39 is 0 Å². The summed E-state index contributed by atoms with van der Waals surface area (Å²) in [5.74, 6) is 0.828. The number of nitrogens with one attached hydrogen (secondary N) is 1. The van der Waals surface area contributed by atoms with Gasteiger partial charge in [0.25, 0.3) is 0 Å². The average molecular weight is 196 g/mol. The molecule has 1 atom stereocenters. The highest BCUT2D eigenvalue weighted by atomic mass is 16.3. The monoisotopic (exact) mass is 196 g/mol. The fourth-order valence-electron chi connectivity index (χ4n) is 1.21. The lowest BCUT2D eigenvalue weighted by Gasteiger charge is -2.14. The Hall–Kier alpha value is -0.830. The van der Waals surface area contributed by atoms with Gasteiger partial charge >= 0.3 is 0 Å². The highest BCUT2D eigenvalue weighted by Crippen LogP contribution is 2.21. The minimum atomic E-state index is 0.227. The van der Waals surface area contributed by atoms with Crippen molar-refractivity contribution in [1.82, 2.24) is 10.3 Å². The molecular weight excluding hydrogens is 176 g/mol. The van der Waals surface area contributed by atoms with E-state index in [2.05, 4.69) is 38.0 Å². The largest absolute Gasteiger partial charge is 0.449 e. The lowest BCUT2D eigenvalue weighted by molar-refractivity contribution is 0.354. The van der Waals surface area contributed by atoms with Crippen molar-refractivity contribution in [3.8, 4) is 0 Å². The second kappa shape index (κ2) is 4.13. The Kier molecular flexibility index (Phi) is 3.32. The predicted octanol–water partition coefficient (Wildman–Crippen LogP) is 2.54. The zero-order valence-electron chi connectivity index (χ0n) is 9.72. The fourth-order valence-corrected chi connectivity index (χ4v) is 1.21. The third-order valence-corrected chi connectivity index (χ3v) is 2.13. The Morgan fingerprint density at radius 3 is 2.64 bits per heavy atom. The summed E-state index contributed by atoms with van der Waals surface area (Å²) in [6.45, 7) is 8.60. The molecule has 0 bridgehead atoms. The van der Waals surface area contributed by atoms with Crippen LogP contribution in [0.15, 0.2) is 10.7 Å². The van der Waals surface area contributed by atoms with Crippen LogP contribution in [0.2, 0.25) is 0 Å². The van der Waals surface area contributed by atoms with Crippen molar-refractivity contribution in [1.29, 1.82) is 0 Å². The average Bonchev–Trinajstić information content (AvgIpc) is 2.48. The minimum absolute atomic E-state index is 0.227. The number of aromatic nitrogens is 1. The molecule has 0 aliphatic rings. The molecular formula is C11H20N2O. The standard InChI is InChI=1S/C11H20N2O/c1-8(12-5)9-7-14-10(13-9)6-11(2,3)4/h7-8,12H,6H2,1-5H3. The Morgan fingerprint density at radius 1 is 1.50 bits per heavy atom. The van der Waals surface area contributed by atoms with Gasteiger partial charge in [-0.15, -0.1) is 0 Å². The highest BCUT2D eigenvalue weighted by molar-refractivity contribution is 5.02. The predicted molar refractivity (Wildman–Crippen MR) is 57.1 cm³/mol. The van der Waals surface area contributed by atoms with E-state index in [1.165, 1.54) is 0 Å². The number of nitrogens with zero attached hydrogens (tertiary/aromatic N) is 1. The first-order chi connectivity index (χ1) is 6.42. The maximum atomic E-state index is 5.41. The van der Waals surface area contributed by atoms with Crippen molar-refractivity contribution in [3.05, 3.63) is 17.8 Å². The van der Waals surface area contributed by atoms with Crippen molar-refractivity contribution < 1.29 is 4.42 Å².